The molecule has 0 radical (unpaired) electrons. The summed E-state index contributed by atoms with van der Waals surface area (Å²) in [6.45, 7) is 4.61. The SMILES string of the molecule is CC1CCCC(Nc2nc3ccc(F)cc3[nH]2)C1C. The zero-order chi connectivity index (χ0) is 13.4. The van der Waals surface area contributed by atoms with Crippen molar-refractivity contribution in [1.82, 2.24) is 9.97 Å². The first kappa shape index (κ1) is 12.5. The summed E-state index contributed by atoms with van der Waals surface area (Å²) < 4.78 is 13.1. The third-order valence-corrected chi connectivity index (χ3v) is 4.47. The molecule has 2 aromatic rings. The number of benzene rings is 1. The van der Waals surface area contributed by atoms with E-state index in [1.54, 1.807) is 6.07 Å². The lowest BCUT2D eigenvalue weighted by molar-refractivity contribution is 0.252. The molecule has 3 nitrogen and oxygen atoms in total. The Balaban J connectivity index is 1.81. The summed E-state index contributed by atoms with van der Waals surface area (Å²) in [7, 11) is 0. The predicted octanol–water partition coefficient (Wildman–Crippen LogP) is 3.94. The van der Waals surface area contributed by atoms with E-state index in [4.69, 9.17) is 0 Å². The van der Waals surface area contributed by atoms with Crippen LogP contribution in [0.2, 0.25) is 0 Å². The number of H-pyrrole nitrogens is 1. The highest BCUT2D eigenvalue weighted by atomic mass is 19.1. The topological polar surface area (TPSA) is 40.7 Å². The van der Waals surface area contributed by atoms with E-state index in [0.717, 1.165) is 22.9 Å². The Morgan fingerprint density at radius 2 is 2.16 bits per heavy atom. The zero-order valence-electron chi connectivity index (χ0n) is 11.4. The second-order valence-electron chi connectivity index (χ2n) is 5.77. The van der Waals surface area contributed by atoms with Crippen LogP contribution < -0.4 is 5.32 Å². The fourth-order valence-corrected chi connectivity index (χ4v) is 3.01. The molecule has 3 atom stereocenters. The molecule has 102 valence electrons. The second-order valence-corrected chi connectivity index (χ2v) is 5.77. The minimum atomic E-state index is -0.234. The number of rotatable bonds is 2. The van der Waals surface area contributed by atoms with Gasteiger partial charge in [-0.25, -0.2) is 9.37 Å². The van der Waals surface area contributed by atoms with Crippen LogP contribution >= 0.6 is 0 Å². The largest absolute Gasteiger partial charge is 0.353 e. The Morgan fingerprint density at radius 1 is 1.32 bits per heavy atom. The molecule has 1 aliphatic carbocycles. The van der Waals surface area contributed by atoms with Crippen LogP contribution in [-0.2, 0) is 0 Å². The number of imidazole rings is 1. The van der Waals surface area contributed by atoms with Gasteiger partial charge in [0.1, 0.15) is 5.82 Å². The molecule has 0 amide bonds. The highest BCUT2D eigenvalue weighted by Crippen LogP contribution is 2.31. The molecule has 1 saturated carbocycles. The van der Waals surface area contributed by atoms with Crippen molar-refractivity contribution in [2.24, 2.45) is 11.8 Å². The van der Waals surface area contributed by atoms with E-state index in [0.29, 0.717) is 12.0 Å². The van der Waals surface area contributed by atoms with Crippen LogP contribution in [0.4, 0.5) is 10.3 Å². The lowest BCUT2D eigenvalue weighted by atomic mass is 9.78. The number of halogens is 1. The van der Waals surface area contributed by atoms with Crippen LogP contribution in [-0.4, -0.2) is 16.0 Å². The number of fused-ring (bicyclic) bond motifs is 1. The fourth-order valence-electron chi connectivity index (χ4n) is 3.01. The van der Waals surface area contributed by atoms with Crippen LogP contribution in [0.15, 0.2) is 18.2 Å². The molecule has 2 N–H and O–H groups in total. The number of nitrogens with one attached hydrogen (secondary N) is 2. The average molecular weight is 261 g/mol. The van der Waals surface area contributed by atoms with Gasteiger partial charge in [0.2, 0.25) is 5.95 Å². The number of hydrogen-bond donors (Lipinski definition) is 2. The van der Waals surface area contributed by atoms with Crippen LogP contribution in [0.3, 0.4) is 0 Å². The molecular weight excluding hydrogens is 241 g/mol. The monoisotopic (exact) mass is 261 g/mol. The van der Waals surface area contributed by atoms with E-state index < -0.39 is 0 Å². The van der Waals surface area contributed by atoms with Gasteiger partial charge in [-0.15, -0.1) is 0 Å². The van der Waals surface area contributed by atoms with Crippen molar-refractivity contribution in [2.75, 3.05) is 5.32 Å². The fraction of sp³-hybridized carbons (Fsp3) is 0.533. The number of aromatic nitrogens is 2. The molecular formula is C15H20FN3. The standard InChI is InChI=1S/C15H20FN3/c1-9-4-3-5-12(10(9)2)17-15-18-13-7-6-11(16)8-14(13)19-15/h6-10,12H,3-5H2,1-2H3,(H2,17,18,19). The molecule has 0 bridgehead atoms. The molecule has 1 aromatic heterocycles. The van der Waals surface area contributed by atoms with Gasteiger partial charge in [-0.1, -0.05) is 26.7 Å². The zero-order valence-corrected chi connectivity index (χ0v) is 11.4. The van der Waals surface area contributed by atoms with E-state index in [-0.39, 0.29) is 5.82 Å². The van der Waals surface area contributed by atoms with Crippen molar-refractivity contribution >= 4 is 17.0 Å². The number of nitrogens with zero attached hydrogens (tertiary/aromatic N) is 1. The Morgan fingerprint density at radius 3 is 3.00 bits per heavy atom. The summed E-state index contributed by atoms with van der Waals surface area (Å²) in [6.07, 6.45) is 3.75. The van der Waals surface area contributed by atoms with Gasteiger partial charge in [0.15, 0.2) is 0 Å². The van der Waals surface area contributed by atoms with Gasteiger partial charge in [-0.2, -0.15) is 0 Å². The molecule has 1 aromatic carbocycles. The van der Waals surface area contributed by atoms with Crippen molar-refractivity contribution in [1.29, 1.82) is 0 Å². The van der Waals surface area contributed by atoms with Crippen molar-refractivity contribution < 1.29 is 4.39 Å². The maximum absolute atomic E-state index is 13.1. The summed E-state index contributed by atoms with van der Waals surface area (Å²) in [6, 6.07) is 5.09. The highest BCUT2D eigenvalue weighted by molar-refractivity contribution is 5.77. The van der Waals surface area contributed by atoms with Crippen LogP contribution in [0.5, 0.6) is 0 Å². The first-order valence-corrected chi connectivity index (χ1v) is 7.05. The van der Waals surface area contributed by atoms with Gasteiger partial charge >= 0.3 is 0 Å². The number of hydrogen-bond acceptors (Lipinski definition) is 2. The molecule has 3 unspecified atom stereocenters. The smallest absolute Gasteiger partial charge is 0.201 e. The van der Waals surface area contributed by atoms with Crippen molar-refractivity contribution in [3.8, 4) is 0 Å². The van der Waals surface area contributed by atoms with Gasteiger partial charge in [0.25, 0.3) is 0 Å². The normalized spacial score (nSPS) is 27.6. The molecule has 3 rings (SSSR count). The van der Waals surface area contributed by atoms with E-state index >= 15 is 0 Å². The molecule has 0 spiro atoms. The number of anilines is 1. The quantitative estimate of drug-likeness (QED) is 0.859. The predicted molar refractivity (Wildman–Crippen MR) is 75.6 cm³/mol. The summed E-state index contributed by atoms with van der Waals surface area (Å²) in [5, 5.41) is 3.48. The van der Waals surface area contributed by atoms with Crippen LogP contribution in [0.25, 0.3) is 11.0 Å². The highest BCUT2D eigenvalue weighted by Gasteiger charge is 2.27. The van der Waals surface area contributed by atoms with Crippen molar-refractivity contribution in [3.63, 3.8) is 0 Å². The van der Waals surface area contributed by atoms with Crippen molar-refractivity contribution in [2.45, 2.75) is 39.2 Å². The van der Waals surface area contributed by atoms with Gasteiger partial charge in [0, 0.05) is 6.04 Å². The molecule has 4 heteroatoms. The van der Waals surface area contributed by atoms with Crippen LogP contribution in [0.1, 0.15) is 33.1 Å². The molecule has 0 aliphatic heterocycles. The Labute approximate surface area is 112 Å². The van der Waals surface area contributed by atoms with Gasteiger partial charge in [-0.05, 0) is 36.5 Å². The van der Waals surface area contributed by atoms with E-state index in [1.165, 1.54) is 31.4 Å². The molecule has 1 fully saturated rings. The van der Waals surface area contributed by atoms with E-state index in [1.807, 2.05) is 0 Å². The first-order valence-electron chi connectivity index (χ1n) is 7.05. The molecule has 0 saturated heterocycles. The number of aromatic amines is 1. The Kier molecular flexibility index (Phi) is 3.17. The van der Waals surface area contributed by atoms with Crippen molar-refractivity contribution in [3.05, 3.63) is 24.0 Å². The summed E-state index contributed by atoms with van der Waals surface area (Å²) in [5.74, 6) is 1.90. The Hall–Kier alpha value is -1.58. The average Bonchev–Trinajstić information content (AvgIpc) is 2.76. The molecule has 19 heavy (non-hydrogen) atoms. The third-order valence-electron chi connectivity index (χ3n) is 4.47. The van der Waals surface area contributed by atoms with E-state index in [2.05, 4.69) is 29.1 Å². The second kappa shape index (κ2) is 4.83. The minimum Gasteiger partial charge on any atom is -0.353 e. The molecule has 1 aliphatic rings. The lowest BCUT2D eigenvalue weighted by Gasteiger charge is -2.34. The Bertz CT molecular complexity index is 578. The van der Waals surface area contributed by atoms with E-state index in [9.17, 15) is 4.39 Å². The molecule has 1 heterocycles. The summed E-state index contributed by atoms with van der Waals surface area (Å²) >= 11 is 0. The maximum Gasteiger partial charge on any atom is 0.201 e. The minimum absolute atomic E-state index is 0.234. The lowest BCUT2D eigenvalue weighted by Crippen LogP contribution is -2.35. The summed E-state index contributed by atoms with van der Waals surface area (Å²) in [4.78, 5) is 7.63. The van der Waals surface area contributed by atoms with Gasteiger partial charge in [-0.3, -0.25) is 0 Å². The maximum atomic E-state index is 13.1. The summed E-state index contributed by atoms with van der Waals surface area (Å²) in [5.41, 5.74) is 1.56. The van der Waals surface area contributed by atoms with Gasteiger partial charge in [0.05, 0.1) is 11.0 Å². The third kappa shape index (κ3) is 2.44. The van der Waals surface area contributed by atoms with Gasteiger partial charge < -0.3 is 10.3 Å². The van der Waals surface area contributed by atoms with Crippen LogP contribution in [0, 0.1) is 17.7 Å². The first-order chi connectivity index (χ1) is 9.13.